The Morgan fingerprint density at radius 1 is 0.694 bits per heavy atom. The fraction of sp³-hybridized carbons (Fsp3) is 0.0857. The van der Waals surface area contributed by atoms with Gasteiger partial charge >= 0.3 is 0 Å². The van der Waals surface area contributed by atoms with Crippen LogP contribution in [-0.4, -0.2) is 4.57 Å². The summed E-state index contributed by atoms with van der Waals surface area (Å²) >= 11 is 0. The Kier molecular flexibility index (Phi) is 5.34. The summed E-state index contributed by atoms with van der Waals surface area (Å²) in [5.74, 6) is 0. The minimum Gasteiger partial charge on any atom is -0.309 e. The zero-order chi connectivity index (χ0) is 24.8. The molecule has 0 atom stereocenters. The van der Waals surface area contributed by atoms with Gasteiger partial charge in [-0.3, -0.25) is 0 Å². The van der Waals surface area contributed by atoms with E-state index in [0.717, 1.165) is 11.3 Å². The highest BCUT2D eigenvalue weighted by molar-refractivity contribution is 6.02. The molecule has 0 unspecified atom stereocenters. The van der Waals surface area contributed by atoms with E-state index in [4.69, 9.17) is 0 Å². The first-order chi connectivity index (χ1) is 17.6. The molecule has 0 fully saturated rings. The maximum atomic E-state index is 4.30. The lowest BCUT2D eigenvalue weighted by Gasteiger charge is -2.18. The standard InChI is InChI=1S/C35H29N/c1-5-31(24(3)33-22-29-15-9-8-13-27(29)20-23(33)2)35-25(4)32-16-10-11-17-34(32)36(35)30-19-18-26-12-6-7-14-28(26)21-30/h5-22H,1H2,2-4H3/b31-24+. The summed E-state index contributed by atoms with van der Waals surface area (Å²) in [4.78, 5) is 0. The summed E-state index contributed by atoms with van der Waals surface area (Å²) in [7, 11) is 0. The second-order valence-electron chi connectivity index (χ2n) is 9.61. The maximum absolute atomic E-state index is 4.30. The van der Waals surface area contributed by atoms with Gasteiger partial charge < -0.3 is 4.57 Å². The molecule has 0 aliphatic rings. The van der Waals surface area contributed by atoms with Gasteiger partial charge in [0, 0.05) is 16.6 Å². The topological polar surface area (TPSA) is 4.93 Å². The molecule has 174 valence electrons. The average molecular weight is 464 g/mol. The van der Waals surface area contributed by atoms with Gasteiger partial charge in [0.25, 0.3) is 0 Å². The summed E-state index contributed by atoms with van der Waals surface area (Å²) in [6.45, 7) is 11.0. The van der Waals surface area contributed by atoms with Crippen molar-refractivity contribution in [2.45, 2.75) is 20.8 Å². The SMILES string of the molecule is C=C/C(=C(/C)c1cc2ccccc2cc1C)c1c(C)c2ccccc2n1-c1ccc2ccccc2c1. The van der Waals surface area contributed by atoms with Crippen molar-refractivity contribution in [2.24, 2.45) is 0 Å². The summed E-state index contributed by atoms with van der Waals surface area (Å²) < 4.78 is 2.41. The lowest BCUT2D eigenvalue weighted by Crippen LogP contribution is -2.02. The van der Waals surface area contributed by atoms with Crippen LogP contribution in [0.1, 0.15) is 29.3 Å². The fourth-order valence-electron chi connectivity index (χ4n) is 5.64. The van der Waals surface area contributed by atoms with Crippen LogP contribution in [0.2, 0.25) is 0 Å². The minimum atomic E-state index is 1.16. The average Bonchev–Trinajstić information content (AvgIpc) is 3.20. The van der Waals surface area contributed by atoms with Crippen molar-refractivity contribution in [3.8, 4) is 5.69 Å². The first-order valence-corrected chi connectivity index (χ1v) is 12.5. The second-order valence-corrected chi connectivity index (χ2v) is 9.61. The van der Waals surface area contributed by atoms with Crippen LogP contribution in [0, 0.1) is 13.8 Å². The molecular formula is C35H29N. The molecule has 1 aromatic heterocycles. The number of fused-ring (bicyclic) bond motifs is 3. The predicted octanol–water partition coefficient (Wildman–Crippen LogP) is 9.67. The molecule has 1 heteroatoms. The van der Waals surface area contributed by atoms with Gasteiger partial charge in [-0.1, -0.05) is 91.5 Å². The number of para-hydroxylation sites is 1. The molecule has 0 bridgehead atoms. The van der Waals surface area contributed by atoms with Crippen LogP contribution in [-0.2, 0) is 0 Å². The van der Waals surface area contributed by atoms with E-state index >= 15 is 0 Å². The molecule has 0 radical (unpaired) electrons. The van der Waals surface area contributed by atoms with E-state index in [0.29, 0.717) is 0 Å². The predicted molar refractivity (Wildman–Crippen MR) is 157 cm³/mol. The van der Waals surface area contributed by atoms with Crippen molar-refractivity contribution >= 4 is 43.6 Å². The van der Waals surface area contributed by atoms with Crippen molar-refractivity contribution < 1.29 is 0 Å². The van der Waals surface area contributed by atoms with Gasteiger partial charge in [-0.05, 0) is 88.8 Å². The molecule has 0 saturated carbocycles. The van der Waals surface area contributed by atoms with Gasteiger partial charge in [0.05, 0.1) is 11.2 Å². The van der Waals surface area contributed by atoms with Gasteiger partial charge in [-0.2, -0.15) is 0 Å². The molecule has 1 heterocycles. The zero-order valence-corrected chi connectivity index (χ0v) is 21.0. The van der Waals surface area contributed by atoms with Crippen molar-refractivity contribution in [2.75, 3.05) is 0 Å². The molecule has 6 aromatic rings. The molecule has 0 spiro atoms. The molecule has 0 saturated heterocycles. The molecule has 0 amide bonds. The fourth-order valence-corrected chi connectivity index (χ4v) is 5.64. The van der Waals surface area contributed by atoms with Crippen LogP contribution in [0.3, 0.4) is 0 Å². The van der Waals surface area contributed by atoms with Crippen LogP contribution < -0.4 is 0 Å². The van der Waals surface area contributed by atoms with E-state index in [1.165, 1.54) is 60.4 Å². The summed E-state index contributed by atoms with van der Waals surface area (Å²) in [5, 5.41) is 6.28. The first-order valence-electron chi connectivity index (χ1n) is 12.5. The maximum Gasteiger partial charge on any atom is 0.0572 e. The van der Waals surface area contributed by atoms with Crippen LogP contribution >= 0.6 is 0 Å². The van der Waals surface area contributed by atoms with Crippen molar-refractivity contribution in [3.05, 3.63) is 138 Å². The number of allylic oxidation sites excluding steroid dienone is 3. The van der Waals surface area contributed by atoms with Gasteiger partial charge in [-0.25, -0.2) is 0 Å². The molecule has 1 nitrogen and oxygen atoms in total. The number of rotatable bonds is 4. The quantitative estimate of drug-likeness (QED) is 0.229. The summed E-state index contributed by atoms with van der Waals surface area (Å²) in [5.41, 5.74) is 9.78. The molecular weight excluding hydrogens is 434 g/mol. The summed E-state index contributed by atoms with van der Waals surface area (Å²) in [6, 6.07) is 37.2. The Morgan fingerprint density at radius 2 is 1.31 bits per heavy atom. The van der Waals surface area contributed by atoms with Crippen LogP contribution in [0.25, 0.3) is 49.3 Å². The molecule has 0 aliphatic carbocycles. The Bertz CT molecular complexity index is 1830. The van der Waals surface area contributed by atoms with Crippen molar-refractivity contribution in [1.82, 2.24) is 4.57 Å². The highest BCUT2D eigenvalue weighted by Gasteiger charge is 2.20. The number of benzene rings is 5. The van der Waals surface area contributed by atoms with E-state index < -0.39 is 0 Å². The zero-order valence-electron chi connectivity index (χ0n) is 21.0. The normalized spacial score (nSPS) is 12.3. The third-order valence-corrected chi connectivity index (χ3v) is 7.48. The van der Waals surface area contributed by atoms with Crippen molar-refractivity contribution in [1.29, 1.82) is 0 Å². The smallest absolute Gasteiger partial charge is 0.0572 e. The lowest BCUT2D eigenvalue weighted by atomic mass is 9.92. The van der Waals surface area contributed by atoms with Gasteiger partial charge in [0.2, 0.25) is 0 Å². The Labute approximate surface area is 212 Å². The Morgan fingerprint density at radius 3 is 2.03 bits per heavy atom. The Hall–Kier alpha value is -4.36. The highest BCUT2D eigenvalue weighted by Crippen LogP contribution is 2.39. The molecule has 0 aliphatic heterocycles. The third kappa shape index (κ3) is 3.48. The van der Waals surface area contributed by atoms with E-state index in [9.17, 15) is 0 Å². The minimum absolute atomic E-state index is 1.16. The van der Waals surface area contributed by atoms with Crippen LogP contribution in [0.15, 0.2) is 116 Å². The number of hydrogen-bond donors (Lipinski definition) is 0. The monoisotopic (exact) mass is 463 g/mol. The van der Waals surface area contributed by atoms with Gasteiger partial charge in [0.15, 0.2) is 0 Å². The van der Waals surface area contributed by atoms with E-state index in [1.807, 2.05) is 6.08 Å². The number of aromatic nitrogens is 1. The number of hydrogen-bond acceptors (Lipinski definition) is 0. The van der Waals surface area contributed by atoms with E-state index in [-0.39, 0.29) is 0 Å². The largest absolute Gasteiger partial charge is 0.309 e. The van der Waals surface area contributed by atoms with Crippen LogP contribution in [0.4, 0.5) is 0 Å². The molecule has 5 aromatic carbocycles. The van der Waals surface area contributed by atoms with Crippen LogP contribution in [0.5, 0.6) is 0 Å². The van der Waals surface area contributed by atoms with Gasteiger partial charge in [0.1, 0.15) is 0 Å². The van der Waals surface area contributed by atoms with Gasteiger partial charge in [-0.15, -0.1) is 0 Å². The molecule has 6 rings (SSSR count). The molecule has 36 heavy (non-hydrogen) atoms. The third-order valence-electron chi connectivity index (χ3n) is 7.48. The second kappa shape index (κ2) is 8.70. The number of aryl methyl sites for hydroxylation is 2. The van der Waals surface area contributed by atoms with E-state index in [2.05, 4.69) is 135 Å². The van der Waals surface area contributed by atoms with E-state index in [1.54, 1.807) is 0 Å². The first kappa shape index (κ1) is 22.1. The summed E-state index contributed by atoms with van der Waals surface area (Å²) in [6.07, 6.45) is 2.03. The highest BCUT2D eigenvalue weighted by atomic mass is 15.0. The molecule has 0 N–H and O–H groups in total. The lowest BCUT2D eigenvalue weighted by molar-refractivity contribution is 1.09. The van der Waals surface area contributed by atoms with Crippen molar-refractivity contribution in [3.63, 3.8) is 0 Å². The Balaban J connectivity index is 1.67. The number of nitrogens with zero attached hydrogens (tertiary/aromatic N) is 1.